The normalized spacial score (nSPS) is 16.4. The Bertz CT molecular complexity index is 410. The van der Waals surface area contributed by atoms with Gasteiger partial charge in [0.2, 0.25) is 0 Å². The number of halogens is 1. The molecule has 1 aromatic carbocycles. The lowest BCUT2D eigenvalue weighted by Crippen LogP contribution is -2.38. The number of hydrogen-bond acceptors (Lipinski definition) is 2. The van der Waals surface area contributed by atoms with E-state index in [1.165, 1.54) is 0 Å². The zero-order valence-corrected chi connectivity index (χ0v) is 10.9. The van der Waals surface area contributed by atoms with Crippen molar-refractivity contribution in [1.29, 1.82) is 0 Å². The molecule has 0 spiro atoms. The highest BCUT2D eigenvalue weighted by Crippen LogP contribution is 2.36. The average Bonchev–Trinajstić information content (AvgIpc) is 3.09. The van der Waals surface area contributed by atoms with Crippen LogP contribution in [0.2, 0.25) is 0 Å². The topological polar surface area (TPSA) is 32.3 Å². The molecule has 0 heterocycles. The summed E-state index contributed by atoms with van der Waals surface area (Å²) in [6.07, 6.45) is 1.97. The number of benzene rings is 1. The van der Waals surface area contributed by atoms with Crippen molar-refractivity contribution in [2.24, 2.45) is 0 Å². The van der Waals surface area contributed by atoms with Gasteiger partial charge in [0.25, 0.3) is 5.91 Å². The van der Waals surface area contributed by atoms with E-state index >= 15 is 0 Å². The summed E-state index contributed by atoms with van der Waals surface area (Å²) in [4.78, 5) is 14.0. The van der Waals surface area contributed by atoms with Crippen LogP contribution in [0.25, 0.3) is 0 Å². The van der Waals surface area contributed by atoms with Gasteiger partial charge < -0.3 is 10.2 Å². The molecule has 92 valence electrons. The second-order valence-electron chi connectivity index (χ2n) is 4.81. The van der Waals surface area contributed by atoms with Gasteiger partial charge in [0.05, 0.1) is 5.54 Å². The molecule has 1 amide bonds. The minimum atomic E-state index is -0.140. The number of carbonyl (C=O) groups is 1. The Morgan fingerprint density at radius 1 is 1.35 bits per heavy atom. The molecule has 4 heteroatoms. The van der Waals surface area contributed by atoms with Crippen molar-refractivity contribution < 1.29 is 4.79 Å². The Morgan fingerprint density at radius 2 is 1.94 bits per heavy atom. The molecule has 1 saturated carbocycles. The van der Waals surface area contributed by atoms with Gasteiger partial charge in [0.15, 0.2) is 0 Å². The fourth-order valence-electron chi connectivity index (χ4n) is 1.67. The predicted octanol–water partition coefficient (Wildman–Crippen LogP) is 2.25. The maximum Gasteiger partial charge on any atom is 0.251 e. The summed E-state index contributed by atoms with van der Waals surface area (Å²) >= 11 is 5.83. The van der Waals surface area contributed by atoms with Crippen LogP contribution in [0.5, 0.6) is 0 Å². The van der Waals surface area contributed by atoms with E-state index in [4.69, 9.17) is 11.6 Å². The highest BCUT2D eigenvalue weighted by Gasteiger charge is 2.43. The minimum Gasteiger partial charge on any atom is -0.378 e. The largest absolute Gasteiger partial charge is 0.378 e. The Labute approximate surface area is 107 Å². The van der Waals surface area contributed by atoms with Crippen LogP contribution in [0.1, 0.15) is 23.2 Å². The van der Waals surface area contributed by atoms with Crippen molar-refractivity contribution in [2.45, 2.75) is 18.4 Å². The van der Waals surface area contributed by atoms with Crippen molar-refractivity contribution in [2.75, 3.05) is 24.9 Å². The van der Waals surface area contributed by atoms with Crippen LogP contribution < -0.4 is 10.2 Å². The number of carbonyl (C=O) groups excluding carboxylic acids is 1. The Balaban J connectivity index is 2.04. The third-order valence-corrected chi connectivity index (χ3v) is 3.65. The standard InChI is InChI=1S/C13H17ClN2O/c1-16(2)11-5-3-10(4-6-11)12(17)15-13(9-14)7-8-13/h3-6H,7-9H2,1-2H3,(H,15,17). The van der Waals surface area contributed by atoms with Gasteiger partial charge in [0, 0.05) is 31.2 Å². The van der Waals surface area contributed by atoms with Crippen molar-refractivity contribution in [3.05, 3.63) is 29.8 Å². The minimum absolute atomic E-state index is 0.0338. The molecule has 0 atom stereocenters. The van der Waals surface area contributed by atoms with Crippen LogP contribution in [-0.4, -0.2) is 31.4 Å². The number of anilines is 1. The van der Waals surface area contributed by atoms with Crippen LogP contribution in [0.3, 0.4) is 0 Å². The molecule has 0 aliphatic heterocycles. The van der Waals surface area contributed by atoms with E-state index in [9.17, 15) is 4.79 Å². The van der Waals surface area contributed by atoms with Crippen molar-refractivity contribution >= 4 is 23.2 Å². The maximum atomic E-state index is 12.0. The van der Waals surface area contributed by atoms with Crippen LogP contribution >= 0.6 is 11.6 Å². The van der Waals surface area contributed by atoms with Crippen molar-refractivity contribution in [3.63, 3.8) is 0 Å². The Hall–Kier alpha value is -1.22. The first-order valence-corrected chi connectivity index (χ1v) is 6.26. The highest BCUT2D eigenvalue weighted by molar-refractivity contribution is 6.19. The van der Waals surface area contributed by atoms with E-state index in [1.807, 2.05) is 43.3 Å². The lowest BCUT2D eigenvalue weighted by molar-refractivity contribution is 0.0936. The summed E-state index contributed by atoms with van der Waals surface area (Å²) in [5.41, 5.74) is 1.63. The van der Waals surface area contributed by atoms with Crippen LogP contribution in [0.4, 0.5) is 5.69 Å². The Morgan fingerprint density at radius 3 is 2.35 bits per heavy atom. The van der Waals surface area contributed by atoms with E-state index in [-0.39, 0.29) is 11.4 Å². The molecule has 1 fully saturated rings. The molecule has 0 bridgehead atoms. The number of amides is 1. The van der Waals surface area contributed by atoms with E-state index in [0.29, 0.717) is 11.4 Å². The lowest BCUT2D eigenvalue weighted by Gasteiger charge is -2.15. The highest BCUT2D eigenvalue weighted by atomic mass is 35.5. The van der Waals surface area contributed by atoms with Crippen LogP contribution in [-0.2, 0) is 0 Å². The van der Waals surface area contributed by atoms with Gasteiger partial charge in [-0.15, -0.1) is 11.6 Å². The molecule has 17 heavy (non-hydrogen) atoms. The van der Waals surface area contributed by atoms with Gasteiger partial charge >= 0.3 is 0 Å². The van der Waals surface area contributed by atoms with Crippen LogP contribution in [0, 0.1) is 0 Å². The first-order chi connectivity index (χ1) is 8.06. The Kier molecular flexibility index (Phi) is 3.29. The molecule has 3 nitrogen and oxygen atoms in total. The number of rotatable bonds is 4. The van der Waals surface area contributed by atoms with Gasteiger partial charge in [-0.05, 0) is 37.1 Å². The van der Waals surface area contributed by atoms with Gasteiger partial charge in [-0.3, -0.25) is 4.79 Å². The SMILES string of the molecule is CN(C)c1ccc(C(=O)NC2(CCl)CC2)cc1. The smallest absolute Gasteiger partial charge is 0.251 e. The molecule has 0 unspecified atom stereocenters. The quantitative estimate of drug-likeness (QED) is 0.834. The zero-order valence-electron chi connectivity index (χ0n) is 10.2. The third-order valence-electron chi connectivity index (χ3n) is 3.13. The molecule has 1 N–H and O–H groups in total. The van der Waals surface area contributed by atoms with Gasteiger partial charge in [-0.25, -0.2) is 0 Å². The van der Waals surface area contributed by atoms with E-state index in [1.54, 1.807) is 0 Å². The molecule has 2 rings (SSSR count). The van der Waals surface area contributed by atoms with Crippen LogP contribution in [0.15, 0.2) is 24.3 Å². The number of alkyl halides is 1. The number of nitrogens with one attached hydrogen (secondary N) is 1. The van der Waals surface area contributed by atoms with Crippen molar-refractivity contribution in [1.82, 2.24) is 5.32 Å². The summed E-state index contributed by atoms with van der Waals surface area (Å²) in [5.74, 6) is 0.461. The summed E-state index contributed by atoms with van der Waals surface area (Å²) in [7, 11) is 3.95. The predicted molar refractivity (Wildman–Crippen MR) is 70.9 cm³/mol. The fraction of sp³-hybridized carbons (Fsp3) is 0.462. The molecule has 1 aliphatic carbocycles. The van der Waals surface area contributed by atoms with E-state index < -0.39 is 0 Å². The summed E-state index contributed by atoms with van der Waals surface area (Å²) in [5, 5.41) is 3.00. The second kappa shape index (κ2) is 4.57. The lowest BCUT2D eigenvalue weighted by atomic mass is 10.1. The fourth-order valence-corrected chi connectivity index (χ4v) is 2.00. The third kappa shape index (κ3) is 2.72. The molecule has 0 radical (unpaired) electrons. The van der Waals surface area contributed by atoms with E-state index in [0.717, 1.165) is 18.5 Å². The van der Waals surface area contributed by atoms with Gasteiger partial charge in [0.1, 0.15) is 0 Å². The van der Waals surface area contributed by atoms with Gasteiger partial charge in [-0.1, -0.05) is 0 Å². The molecule has 0 saturated heterocycles. The molecular formula is C13H17ClN2O. The average molecular weight is 253 g/mol. The summed E-state index contributed by atoms with van der Waals surface area (Å²) < 4.78 is 0. The second-order valence-corrected chi connectivity index (χ2v) is 5.08. The number of hydrogen-bond donors (Lipinski definition) is 1. The van der Waals surface area contributed by atoms with E-state index in [2.05, 4.69) is 5.32 Å². The zero-order chi connectivity index (χ0) is 12.5. The molecule has 1 aliphatic rings. The van der Waals surface area contributed by atoms with Gasteiger partial charge in [-0.2, -0.15) is 0 Å². The summed E-state index contributed by atoms with van der Waals surface area (Å²) in [6.45, 7) is 0. The first-order valence-electron chi connectivity index (χ1n) is 5.72. The molecule has 0 aromatic heterocycles. The summed E-state index contributed by atoms with van der Waals surface area (Å²) in [6, 6.07) is 7.56. The molecular weight excluding hydrogens is 236 g/mol. The molecule has 1 aromatic rings. The number of nitrogens with zero attached hydrogens (tertiary/aromatic N) is 1. The van der Waals surface area contributed by atoms with Crippen molar-refractivity contribution in [3.8, 4) is 0 Å². The first kappa shape index (κ1) is 12.2. The maximum absolute atomic E-state index is 12.0. The monoisotopic (exact) mass is 252 g/mol.